The van der Waals surface area contributed by atoms with Crippen molar-refractivity contribution in [2.75, 3.05) is 24.6 Å². The molecule has 26 heavy (non-hydrogen) atoms. The molecule has 0 aliphatic rings. The van der Waals surface area contributed by atoms with Gasteiger partial charge in [-0.2, -0.15) is 0 Å². The molecule has 140 valence electrons. The summed E-state index contributed by atoms with van der Waals surface area (Å²) in [5.74, 6) is 2.02. The average molecular weight is 389 g/mol. The first-order valence-electron chi connectivity index (χ1n) is 9.04. The Morgan fingerprint density at radius 2 is 1.27 bits per heavy atom. The predicted molar refractivity (Wildman–Crippen MR) is 114 cm³/mol. The zero-order valence-corrected chi connectivity index (χ0v) is 17.2. The van der Waals surface area contributed by atoms with Gasteiger partial charge >= 0.3 is 6.03 Å². The van der Waals surface area contributed by atoms with Crippen LogP contribution < -0.4 is 10.6 Å². The van der Waals surface area contributed by atoms with Crippen molar-refractivity contribution in [3.05, 3.63) is 59.7 Å². The number of nitrogens with one attached hydrogen (secondary N) is 2. The first-order valence-corrected chi connectivity index (χ1v) is 11.0. The summed E-state index contributed by atoms with van der Waals surface area (Å²) >= 11 is 3.67. The average Bonchev–Trinajstić information content (AvgIpc) is 2.61. The topological polar surface area (TPSA) is 41.1 Å². The molecule has 0 aliphatic heterocycles. The Kier molecular flexibility index (Phi) is 9.50. The number of hydrogen-bond donors (Lipinski definition) is 2. The van der Waals surface area contributed by atoms with E-state index in [2.05, 4.69) is 73.0 Å². The van der Waals surface area contributed by atoms with Crippen molar-refractivity contribution in [3.8, 4) is 0 Å². The second kappa shape index (κ2) is 11.9. The number of benzene rings is 2. The fraction of sp³-hybridized carbons (Fsp3) is 0.381. The Hall–Kier alpha value is -1.59. The summed E-state index contributed by atoms with van der Waals surface area (Å²) in [6, 6.07) is 17.0. The van der Waals surface area contributed by atoms with Gasteiger partial charge in [-0.25, -0.2) is 4.79 Å². The lowest BCUT2D eigenvalue weighted by Gasteiger charge is -2.08. The molecule has 2 aromatic carbocycles. The molecule has 5 heteroatoms. The molecular weight excluding hydrogens is 360 g/mol. The highest BCUT2D eigenvalue weighted by atomic mass is 32.2. The SMILES string of the molecule is Cc1cccc(SCCCNC(=O)NCCCSc2cccc(C)c2)c1. The summed E-state index contributed by atoms with van der Waals surface area (Å²) in [6.07, 6.45) is 1.93. The minimum absolute atomic E-state index is 0.0638. The lowest BCUT2D eigenvalue weighted by atomic mass is 10.2. The number of carbonyl (C=O) groups is 1. The molecule has 0 fully saturated rings. The number of amides is 2. The highest BCUT2D eigenvalue weighted by Crippen LogP contribution is 2.20. The Labute approximate surface area is 165 Å². The van der Waals surface area contributed by atoms with Gasteiger partial charge in [0.15, 0.2) is 0 Å². The number of aryl methyl sites for hydroxylation is 2. The Balaban J connectivity index is 1.46. The number of rotatable bonds is 10. The molecule has 2 N–H and O–H groups in total. The Morgan fingerprint density at radius 3 is 1.69 bits per heavy atom. The van der Waals surface area contributed by atoms with Crippen molar-refractivity contribution < 1.29 is 4.79 Å². The van der Waals surface area contributed by atoms with Crippen LogP contribution in [0.1, 0.15) is 24.0 Å². The number of urea groups is 1. The molecule has 0 saturated heterocycles. The van der Waals surface area contributed by atoms with Crippen molar-refractivity contribution in [2.45, 2.75) is 36.5 Å². The largest absolute Gasteiger partial charge is 0.338 e. The van der Waals surface area contributed by atoms with Gasteiger partial charge in [-0.15, -0.1) is 23.5 Å². The maximum atomic E-state index is 11.8. The first kappa shape index (κ1) is 20.7. The molecule has 0 aromatic heterocycles. The zero-order chi connectivity index (χ0) is 18.6. The van der Waals surface area contributed by atoms with E-state index >= 15 is 0 Å². The number of thioether (sulfide) groups is 2. The summed E-state index contributed by atoms with van der Waals surface area (Å²) in [5, 5.41) is 5.85. The second-order valence-electron chi connectivity index (χ2n) is 6.22. The van der Waals surface area contributed by atoms with Gasteiger partial charge in [-0.05, 0) is 62.5 Å². The van der Waals surface area contributed by atoms with E-state index in [0.29, 0.717) is 13.1 Å². The molecule has 0 saturated carbocycles. The van der Waals surface area contributed by atoms with Crippen molar-refractivity contribution in [2.24, 2.45) is 0 Å². The van der Waals surface area contributed by atoms with Crippen LogP contribution in [0, 0.1) is 13.8 Å². The van der Waals surface area contributed by atoms with E-state index in [4.69, 9.17) is 0 Å². The summed E-state index contributed by atoms with van der Waals surface area (Å²) in [6.45, 7) is 5.64. The lowest BCUT2D eigenvalue weighted by molar-refractivity contribution is 0.241. The van der Waals surface area contributed by atoms with Crippen LogP contribution in [0.2, 0.25) is 0 Å². The van der Waals surface area contributed by atoms with Crippen LogP contribution in [0.25, 0.3) is 0 Å². The number of carbonyl (C=O) groups excluding carboxylic acids is 1. The molecule has 3 nitrogen and oxygen atoms in total. The molecular formula is C21H28N2OS2. The smallest absolute Gasteiger partial charge is 0.314 e. The van der Waals surface area contributed by atoms with Gasteiger partial charge in [-0.1, -0.05) is 35.4 Å². The molecule has 0 radical (unpaired) electrons. The van der Waals surface area contributed by atoms with Crippen LogP contribution in [0.4, 0.5) is 4.79 Å². The van der Waals surface area contributed by atoms with Gasteiger partial charge in [0.1, 0.15) is 0 Å². The van der Waals surface area contributed by atoms with Crippen LogP contribution in [-0.2, 0) is 0 Å². The highest BCUT2D eigenvalue weighted by Gasteiger charge is 2.00. The maximum absolute atomic E-state index is 11.8. The maximum Gasteiger partial charge on any atom is 0.314 e. The summed E-state index contributed by atoms with van der Waals surface area (Å²) in [7, 11) is 0. The monoisotopic (exact) mass is 388 g/mol. The van der Waals surface area contributed by atoms with Crippen molar-refractivity contribution >= 4 is 29.6 Å². The van der Waals surface area contributed by atoms with E-state index < -0.39 is 0 Å². The zero-order valence-electron chi connectivity index (χ0n) is 15.6. The van der Waals surface area contributed by atoms with Gasteiger partial charge in [0.25, 0.3) is 0 Å². The first-order chi connectivity index (χ1) is 12.6. The fourth-order valence-corrected chi connectivity index (χ4v) is 4.34. The van der Waals surface area contributed by atoms with Crippen molar-refractivity contribution in [1.82, 2.24) is 10.6 Å². The quantitative estimate of drug-likeness (QED) is 0.430. The van der Waals surface area contributed by atoms with Gasteiger partial charge in [0.05, 0.1) is 0 Å². The van der Waals surface area contributed by atoms with E-state index in [1.165, 1.54) is 20.9 Å². The minimum atomic E-state index is -0.0638. The fourth-order valence-electron chi connectivity index (χ4n) is 2.40. The van der Waals surface area contributed by atoms with E-state index in [1.54, 1.807) is 0 Å². The second-order valence-corrected chi connectivity index (χ2v) is 8.56. The van der Waals surface area contributed by atoms with Crippen LogP contribution in [0.3, 0.4) is 0 Å². The molecule has 0 aliphatic carbocycles. The van der Waals surface area contributed by atoms with Crippen LogP contribution >= 0.6 is 23.5 Å². The molecule has 0 spiro atoms. The number of hydrogen-bond acceptors (Lipinski definition) is 3. The Morgan fingerprint density at radius 1 is 0.808 bits per heavy atom. The highest BCUT2D eigenvalue weighted by molar-refractivity contribution is 7.99. The van der Waals surface area contributed by atoms with E-state index in [-0.39, 0.29) is 6.03 Å². The van der Waals surface area contributed by atoms with Crippen LogP contribution in [0.5, 0.6) is 0 Å². The molecule has 0 bridgehead atoms. The molecule has 2 rings (SSSR count). The summed E-state index contributed by atoms with van der Waals surface area (Å²) in [4.78, 5) is 14.3. The molecule has 2 aromatic rings. The van der Waals surface area contributed by atoms with E-state index in [1.807, 2.05) is 23.5 Å². The third-order valence-corrected chi connectivity index (χ3v) is 5.89. The van der Waals surface area contributed by atoms with Crippen LogP contribution in [0.15, 0.2) is 58.3 Å². The van der Waals surface area contributed by atoms with Crippen LogP contribution in [-0.4, -0.2) is 30.6 Å². The molecule has 0 unspecified atom stereocenters. The third kappa shape index (κ3) is 8.68. The molecule has 2 amide bonds. The Bertz CT molecular complexity index is 634. The third-order valence-electron chi connectivity index (χ3n) is 3.73. The normalized spacial score (nSPS) is 10.5. The standard InChI is InChI=1S/C21H28N2OS2/c1-17-7-3-9-19(15-17)25-13-5-11-22-21(24)23-12-6-14-26-20-10-4-8-18(2)16-20/h3-4,7-10,15-16H,5-6,11-14H2,1-2H3,(H2,22,23,24). The predicted octanol–water partition coefficient (Wildman–Crippen LogP) is 5.27. The lowest BCUT2D eigenvalue weighted by Crippen LogP contribution is -2.36. The van der Waals surface area contributed by atoms with E-state index in [9.17, 15) is 4.79 Å². The molecule has 0 heterocycles. The van der Waals surface area contributed by atoms with E-state index in [0.717, 1.165) is 24.3 Å². The summed E-state index contributed by atoms with van der Waals surface area (Å²) < 4.78 is 0. The van der Waals surface area contributed by atoms with Gasteiger partial charge < -0.3 is 10.6 Å². The van der Waals surface area contributed by atoms with Crippen molar-refractivity contribution in [1.29, 1.82) is 0 Å². The van der Waals surface area contributed by atoms with Gasteiger partial charge in [0.2, 0.25) is 0 Å². The van der Waals surface area contributed by atoms with Gasteiger partial charge in [-0.3, -0.25) is 0 Å². The summed E-state index contributed by atoms with van der Waals surface area (Å²) in [5.41, 5.74) is 2.57. The van der Waals surface area contributed by atoms with Gasteiger partial charge in [0, 0.05) is 22.9 Å². The van der Waals surface area contributed by atoms with Crippen molar-refractivity contribution in [3.63, 3.8) is 0 Å². The minimum Gasteiger partial charge on any atom is -0.338 e. The molecule has 0 atom stereocenters.